The van der Waals surface area contributed by atoms with Crippen molar-refractivity contribution in [1.82, 2.24) is 0 Å². The number of ether oxygens (including phenoxy) is 1. The largest absolute Gasteiger partial charge is 0.483 e. The highest BCUT2D eigenvalue weighted by Crippen LogP contribution is 2.33. The van der Waals surface area contributed by atoms with E-state index in [0.29, 0.717) is 0 Å². The molecule has 0 aliphatic rings. The Morgan fingerprint density at radius 2 is 1.07 bits per heavy atom. The van der Waals surface area contributed by atoms with Crippen LogP contribution in [0.1, 0.15) is 19.4 Å². The number of hydrogen-bond donors (Lipinski definition) is 0. The first kappa shape index (κ1) is 21.0. The Balaban J connectivity index is 1.62. The summed E-state index contributed by atoms with van der Waals surface area (Å²) in [6.07, 6.45) is 0. The second-order valence-electron chi connectivity index (χ2n) is 7.52. The van der Waals surface area contributed by atoms with Gasteiger partial charge in [0.25, 0.3) is 0 Å². The highest BCUT2D eigenvalue weighted by Gasteiger charge is 2.29. The molecule has 0 radical (unpaired) electrons. The number of rotatable bonds is 6. The monoisotopic (exact) mass is 523 g/mol. The van der Waals surface area contributed by atoms with E-state index in [2.05, 4.69) is 146 Å². The molecule has 0 aromatic heterocycles. The Morgan fingerprint density at radius 1 is 0.600 bits per heavy atom. The fraction of sp³-hybridized carbons (Fsp3) is 0.111. The molecule has 0 aliphatic heterocycles. The molecule has 150 valence electrons. The Labute approximate surface area is 195 Å². The van der Waals surface area contributed by atoms with Crippen LogP contribution in [0.5, 0.6) is 5.75 Å². The van der Waals surface area contributed by atoms with E-state index in [1.807, 2.05) is 0 Å². The third-order valence-corrected chi connectivity index (χ3v) is 7.88. The SMILES string of the molecule is CC(C)(Oc1ccc([S+](c2ccccc2)c2ccccc2)cc1)c1ccc(I)cc1. The average Bonchev–Trinajstić information content (AvgIpc) is 2.77. The van der Waals surface area contributed by atoms with Gasteiger partial charge in [-0.1, -0.05) is 48.5 Å². The van der Waals surface area contributed by atoms with Crippen molar-refractivity contribution in [2.75, 3.05) is 0 Å². The van der Waals surface area contributed by atoms with Crippen LogP contribution in [0.25, 0.3) is 0 Å². The summed E-state index contributed by atoms with van der Waals surface area (Å²) in [6.45, 7) is 4.23. The molecular weight excluding hydrogens is 499 g/mol. The molecule has 0 heterocycles. The molecule has 0 spiro atoms. The van der Waals surface area contributed by atoms with Gasteiger partial charge in [0.2, 0.25) is 0 Å². The lowest BCUT2D eigenvalue weighted by atomic mass is 9.98. The van der Waals surface area contributed by atoms with Gasteiger partial charge in [-0.2, -0.15) is 0 Å². The highest BCUT2D eigenvalue weighted by molar-refractivity contribution is 14.1. The van der Waals surface area contributed by atoms with Gasteiger partial charge in [0.1, 0.15) is 11.4 Å². The van der Waals surface area contributed by atoms with Crippen molar-refractivity contribution in [3.8, 4) is 5.75 Å². The van der Waals surface area contributed by atoms with Gasteiger partial charge < -0.3 is 4.74 Å². The lowest BCUT2D eigenvalue weighted by Crippen LogP contribution is -2.25. The number of benzene rings is 4. The molecule has 0 amide bonds. The van der Waals surface area contributed by atoms with Crippen LogP contribution in [0.4, 0.5) is 0 Å². The van der Waals surface area contributed by atoms with Crippen molar-refractivity contribution in [3.63, 3.8) is 0 Å². The zero-order chi connectivity index (χ0) is 21.0. The first-order chi connectivity index (χ1) is 14.5. The summed E-state index contributed by atoms with van der Waals surface area (Å²) in [4.78, 5) is 3.92. The summed E-state index contributed by atoms with van der Waals surface area (Å²) < 4.78 is 7.60. The standard InChI is InChI=1S/C27H24IOS/c1-27(2,21-13-15-22(28)16-14-21)29-23-17-19-26(20-18-23)30(24-9-5-3-6-10-24)25-11-7-4-8-12-25/h3-20H,1-2H3/q+1. The van der Waals surface area contributed by atoms with E-state index >= 15 is 0 Å². The minimum atomic E-state index is -0.396. The van der Waals surface area contributed by atoms with E-state index in [0.717, 1.165) is 5.75 Å². The van der Waals surface area contributed by atoms with Crippen LogP contribution in [-0.4, -0.2) is 0 Å². The topological polar surface area (TPSA) is 9.23 Å². The zero-order valence-electron chi connectivity index (χ0n) is 17.1. The first-order valence-corrected chi connectivity index (χ1v) is 12.2. The third kappa shape index (κ3) is 4.90. The van der Waals surface area contributed by atoms with E-state index in [4.69, 9.17) is 4.74 Å². The third-order valence-electron chi connectivity index (χ3n) is 4.93. The fourth-order valence-corrected chi connectivity index (χ4v) is 5.81. The predicted octanol–water partition coefficient (Wildman–Crippen LogP) is 7.70. The highest BCUT2D eigenvalue weighted by atomic mass is 127. The van der Waals surface area contributed by atoms with Crippen molar-refractivity contribution in [2.45, 2.75) is 34.1 Å². The Hall–Kier alpha value is -2.24. The van der Waals surface area contributed by atoms with Gasteiger partial charge in [-0.25, -0.2) is 0 Å². The fourth-order valence-electron chi connectivity index (χ4n) is 3.37. The van der Waals surface area contributed by atoms with Gasteiger partial charge in [-0.05, 0) is 103 Å². The molecule has 4 rings (SSSR count). The van der Waals surface area contributed by atoms with Crippen LogP contribution in [-0.2, 0) is 16.5 Å². The predicted molar refractivity (Wildman–Crippen MR) is 134 cm³/mol. The van der Waals surface area contributed by atoms with E-state index < -0.39 is 5.60 Å². The normalized spacial score (nSPS) is 11.5. The maximum Gasteiger partial charge on any atom is 0.166 e. The molecule has 0 aliphatic carbocycles. The number of halogens is 1. The van der Waals surface area contributed by atoms with Crippen molar-refractivity contribution in [3.05, 3.63) is 118 Å². The maximum absolute atomic E-state index is 6.37. The molecule has 30 heavy (non-hydrogen) atoms. The molecule has 0 bridgehead atoms. The van der Waals surface area contributed by atoms with Crippen molar-refractivity contribution in [1.29, 1.82) is 0 Å². The van der Waals surface area contributed by atoms with Gasteiger partial charge in [0.05, 0.1) is 10.9 Å². The quantitative estimate of drug-likeness (QED) is 0.186. The second kappa shape index (κ2) is 9.27. The van der Waals surface area contributed by atoms with Gasteiger partial charge in [-0.3, -0.25) is 0 Å². The lowest BCUT2D eigenvalue weighted by molar-refractivity contribution is 0.109. The van der Waals surface area contributed by atoms with Crippen LogP contribution in [0, 0.1) is 3.57 Å². The van der Waals surface area contributed by atoms with Crippen molar-refractivity contribution in [2.24, 2.45) is 0 Å². The lowest BCUT2D eigenvalue weighted by Gasteiger charge is -2.27. The maximum atomic E-state index is 6.37. The van der Waals surface area contributed by atoms with E-state index in [1.54, 1.807) is 0 Å². The Morgan fingerprint density at radius 3 is 1.57 bits per heavy atom. The van der Waals surface area contributed by atoms with Crippen LogP contribution in [0.15, 0.2) is 124 Å². The minimum absolute atomic E-state index is 0.141. The summed E-state index contributed by atoms with van der Waals surface area (Å²) >= 11 is 2.33. The summed E-state index contributed by atoms with van der Waals surface area (Å²) in [5.74, 6) is 0.881. The molecule has 0 fully saturated rings. The van der Waals surface area contributed by atoms with Crippen LogP contribution in [0.3, 0.4) is 0 Å². The summed E-state index contributed by atoms with van der Waals surface area (Å²) in [5.41, 5.74) is 0.771. The van der Waals surface area contributed by atoms with Gasteiger partial charge >= 0.3 is 0 Å². The van der Waals surface area contributed by atoms with Crippen LogP contribution < -0.4 is 4.74 Å². The zero-order valence-corrected chi connectivity index (χ0v) is 20.1. The van der Waals surface area contributed by atoms with Gasteiger partial charge in [0, 0.05) is 3.57 Å². The second-order valence-corrected chi connectivity index (χ2v) is 10.8. The van der Waals surface area contributed by atoms with E-state index in [9.17, 15) is 0 Å². The molecule has 0 saturated carbocycles. The Kier molecular flexibility index (Phi) is 6.49. The van der Waals surface area contributed by atoms with Gasteiger partial charge in [0.15, 0.2) is 14.7 Å². The number of hydrogen-bond acceptors (Lipinski definition) is 1. The molecule has 0 unspecified atom stereocenters. The van der Waals surface area contributed by atoms with Crippen molar-refractivity contribution >= 4 is 33.5 Å². The van der Waals surface area contributed by atoms with Crippen LogP contribution >= 0.6 is 22.6 Å². The molecular formula is C27H24IOS+. The summed E-state index contributed by atoms with van der Waals surface area (Å²) in [7, 11) is -0.141. The molecule has 1 nitrogen and oxygen atoms in total. The van der Waals surface area contributed by atoms with Crippen molar-refractivity contribution < 1.29 is 4.74 Å². The Bertz CT molecular complexity index is 1040. The molecule has 0 saturated heterocycles. The molecule has 0 N–H and O–H groups in total. The average molecular weight is 523 g/mol. The smallest absolute Gasteiger partial charge is 0.166 e. The summed E-state index contributed by atoms with van der Waals surface area (Å²) in [5, 5.41) is 0. The first-order valence-electron chi connectivity index (χ1n) is 9.92. The van der Waals surface area contributed by atoms with E-state index in [-0.39, 0.29) is 10.9 Å². The van der Waals surface area contributed by atoms with Crippen LogP contribution in [0.2, 0.25) is 0 Å². The van der Waals surface area contributed by atoms with E-state index in [1.165, 1.54) is 23.8 Å². The summed E-state index contributed by atoms with van der Waals surface area (Å²) in [6, 6.07) is 38.5. The minimum Gasteiger partial charge on any atom is -0.483 e. The molecule has 3 heteroatoms. The molecule has 4 aromatic carbocycles. The molecule has 4 aromatic rings. The van der Waals surface area contributed by atoms with Gasteiger partial charge in [-0.15, -0.1) is 0 Å². The molecule has 0 atom stereocenters.